The van der Waals surface area contributed by atoms with Crippen molar-refractivity contribution in [1.29, 1.82) is 0 Å². The maximum atomic E-state index is 5.39. The first kappa shape index (κ1) is 8.81. The number of aliphatic imine (C=N–C) groups is 1. The Kier molecular flexibility index (Phi) is 2.68. The van der Waals surface area contributed by atoms with Crippen LogP contribution in [0, 0.1) is 0 Å². The zero-order valence-corrected chi connectivity index (χ0v) is 8.05. The molecule has 0 aromatic carbocycles. The molecule has 0 amide bonds. The van der Waals surface area contributed by atoms with Crippen LogP contribution in [0.4, 0.5) is 0 Å². The SMILES string of the molecule is COC1CCCC1NC1=NCCN1. The Morgan fingerprint density at radius 3 is 3.15 bits per heavy atom. The summed E-state index contributed by atoms with van der Waals surface area (Å²) in [5.41, 5.74) is 0. The number of guanidine groups is 1. The van der Waals surface area contributed by atoms with Crippen molar-refractivity contribution in [3.8, 4) is 0 Å². The van der Waals surface area contributed by atoms with Gasteiger partial charge in [-0.1, -0.05) is 0 Å². The van der Waals surface area contributed by atoms with E-state index in [9.17, 15) is 0 Å². The molecule has 13 heavy (non-hydrogen) atoms. The number of rotatable bonds is 2. The third-order valence-corrected chi connectivity index (χ3v) is 2.75. The molecule has 74 valence electrons. The molecule has 1 saturated carbocycles. The maximum Gasteiger partial charge on any atom is 0.191 e. The van der Waals surface area contributed by atoms with E-state index < -0.39 is 0 Å². The summed E-state index contributed by atoms with van der Waals surface area (Å²) < 4.78 is 5.39. The van der Waals surface area contributed by atoms with Crippen molar-refractivity contribution in [1.82, 2.24) is 10.6 Å². The molecular formula is C9H17N3O. The molecule has 0 aromatic heterocycles. The van der Waals surface area contributed by atoms with E-state index in [1.165, 1.54) is 19.3 Å². The van der Waals surface area contributed by atoms with Crippen LogP contribution in [-0.2, 0) is 4.74 Å². The average Bonchev–Trinajstić information content (AvgIpc) is 2.76. The molecule has 1 heterocycles. The molecule has 4 nitrogen and oxygen atoms in total. The summed E-state index contributed by atoms with van der Waals surface area (Å²) in [5, 5.41) is 6.60. The molecule has 1 fully saturated rings. The van der Waals surface area contributed by atoms with Gasteiger partial charge in [0.25, 0.3) is 0 Å². The van der Waals surface area contributed by atoms with E-state index >= 15 is 0 Å². The van der Waals surface area contributed by atoms with Crippen molar-refractivity contribution in [3.63, 3.8) is 0 Å². The summed E-state index contributed by atoms with van der Waals surface area (Å²) in [4.78, 5) is 4.31. The zero-order chi connectivity index (χ0) is 9.10. The molecule has 4 heteroatoms. The van der Waals surface area contributed by atoms with Gasteiger partial charge in [-0.25, -0.2) is 0 Å². The van der Waals surface area contributed by atoms with Crippen molar-refractivity contribution in [3.05, 3.63) is 0 Å². The highest BCUT2D eigenvalue weighted by atomic mass is 16.5. The Bertz CT molecular complexity index is 205. The standard InChI is InChI=1S/C9H17N3O/c1-13-8-4-2-3-7(8)12-9-10-5-6-11-9/h7-8H,2-6H2,1H3,(H2,10,11,12). The normalized spacial score (nSPS) is 32.8. The van der Waals surface area contributed by atoms with E-state index in [0.29, 0.717) is 12.1 Å². The first-order chi connectivity index (χ1) is 6.40. The molecule has 2 aliphatic rings. The summed E-state index contributed by atoms with van der Waals surface area (Å²) >= 11 is 0. The second kappa shape index (κ2) is 3.96. The minimum Gasteiger partial charge on any atom is -0.379 e. The highest BCUT2D eigenvalue weighted by molar-refractivity contribution is 5.81. The first-order valence-electron chi connectivity index (χ1n) is 4.98. The second-order valence-corrected chi connectivity index (χ2v) is 3.61. The first-order valence-corrected chi connectivity index (χ1v) is 4.98. The number of nitrogens with zero attached hydrogens (tertiary/aromatic N) is 1. The molecule has 1 aliphatic carbocycles. The molecule has 0 aromatic rings. The van der Waals surface area contributed by atoms with Crippen molar-refractivity contribution in [2.45, 2.75) is 31.4 Å². The van der Waals surface area contributed by atoms with Crippen LogP contribution >= 0.6 is 0 Å². The number of hydrogen-bond donors (Lipinski definition) is 2. The third-order valence-electron chi connectivity index (χ3n) is 2.75. The lowest BCUT2D eigenvalue weighted by Crippen LogP contribution is -2.45. The van der Waals surface area contributed by atoms with Gasteiger partial charge < -0.3 is 15.4 Å². The fourth-order valence-corrected chi connectivity index (χ4v) is 2.04. The van der Waals surface area contributed by atoms with Gasteiger partial charge in [-0.05, 0) is 19.3 Å². The number of methoxy groups -OCH3 is 1. The largest absolute Gasteiger partial charge is 0.379 e. The van der Waals surface area contributed by atoms with Crippen LogP contribution in [0.25, 0.3) is 0 Å². The Hall–Kier alpha value is -0.770. The van der Waals surface area contributed by atoms with Gasteiger partial charge in [0, 0.05) is 13.7 Å². The molecule has 1 aliphatic heterocycles. The molecule has 0 radical (unpaired) electrons. The Morgan fingerprint density at radius 2 is 2.46 bits per heavy atom. The lowest BCUT2D eigenvalue weighted by Gasteiger charge is -2.20. The van der Waals surface area contributed by atoms with Crippen LogP contribution in [0.5, 0.6) is 0 Å². The van der Waals surface area contributed by atoms with Gasteiger partial charge in [-0.2, -0.15) is 0 Å². The predicted molar refractivity (Wildman–Crippen MR) is 51.9 cm³/mol. The fourth-order valence-electron chi connectivity index (χ4n) is 2.04. The van der Waals surface area contributed by atoms with Crippen LogP contribution in [-0.4, -0.2) is 38.3 Å². The van der Waals surface area contributed by atoms with Gasteiger partial charge in [0.05, 0.1) is 18.7 Å². The highest BCUT2D eigenvalue weighted by Crippen LogP contribution is 2.21. The highest BCUT2D eigenvalue weighted by Gasteiger charge is 2.28. The van der Waals surface area contributed by atoms with Gasteiger partial charge in [0.2, 0.25) is 0 Å². The van der Waals surface area contributed by atoms with E-state index in [1.807, 2.05) is 0 Å². The van der Waals surface area contributed by atoms with Crippen LogP contribution in [0.1, 0.15) is 19.3 Å². The molecule has 2 N–H and O–H groups in total. The summed E-state index contributed by atoms with van der Waals surface area (Å²) in [5.74, 6) is 0.953. The minimum atomic E-state index is 0.366. The lowest BCUT2D eigenvalue weighted by molar-refractivity contribution is 0.0905. The minimum absolute atomic E-state index is 0.366. The molecule has 2 atom stereocenters. The molecule has 0 saturated heterocycles. The van der Waals surface area contributed by atoms with Crippen LogP contribution < -0.4 is 10.6 Å². The topological polar surface area (TPSA) is 45.6 Å². The molecular weight excluding hydrogens is 166 g/mol. The number of ether oxygens (including phenoxy) is 1. The number of nitrogens with one attached hydrogen (secondary N) is 2. The van der Waals surface area contributed by atoms with Crippen LogP contribution in [0.3, 0.4) is 0 Å². The van der Waals surface area contributed by atoms with E-state index in [-0.39, 0.29) is 0 Å². The van der Waals surface area contributed by atoms with E-state index in [1.54, 1.807) is 7.11 Å². The molecule has 2 unspecified atom stereocenters. The Labute approximate surface area is 78.8 Å². The van der Waals surface area contributed by atoms with Crippen molar-refractivity contribution >= 4 is 5.96 Å². The maximum absolute atomic E-state index is 5.39. The summed E-state index contributed by atoms with van der Waals surface area (Å²) in [6.45, 7) is 1.86. The molecule has 2 rings (SSSR count). The second-order valence-electron chi connectivity index (χ2n) is 3.61. The van der Waals surface area contributed by atoms with Crippen LogP contribution in [0.15, 0.2) is 4.99 Å². The molecule has 0 bridgehead atoms. The smallest absolute Gasteiger partial charge is 0.191 e. The summed E-state index contributed by atoms with van der Waals surface area (Å²) in [7, 11) is 1.79. The summed E-state index contributed by atoms with van der Waals surface area (Å²) in [6.07, 6.45) is 3.98. The Morgan fingerprint density at radius 1 is 1.54 bits per heavy atom. The van der Waals surface area contributed by atoms with Crippen molar-refractivity contribution < 1.29 is 4.74 Å². The average molecular weight is 183 g/mol. The van der Waals surface area contributed by atoms with Crippen molar-refractivity contribution in [2.75, 3.05) is 20.2 Å². The monoisotopic (exact) mass is 183 g/mol. The third kappa shape index (κ3) is 1.94. The van der Waals surface area contributed by atoms with Gasteiger partial charge in [0.1, 0.15) is 0 Å². The van der Waals surface area contributed by atoms with Crippen LogP contribution in [0.2, 0.25) is 0 Å². The number of hydrogen-bond acceptors (Lipinski definition) is 4. The molecule has 0 spiro atoms. The van der Waals surface area contributed by atoms with Gasteiger partial charge in [-0.15, -0.1) is 0 Å². The van der Waals surface area contributed by atoms with E-state index in [2.05, 4.69) is 15.6 Å². The quantitative estimate of drug-likeness (QED) is 0.638. The Balaban J connectivity index is 1.86. The van der Waals surface area contributed by atoms with Crippen molar-refractivity contribution in [2.24, 2.45) is 4.99 Å². The van der Waals surface area contributed by atoms with Gasteiger partial charge in [0.15, 0.2) is 5.96 Å². The fraction of sp³-hybridized carbons (Fsp3) is 0.889. The van der Waals surface area contributed by atoms with Gasteiger partial charge >= 0.3 is 0 Å². The van der Waals surface area contributed by atoms with E-state index in [0.717, 1.165) is 19.0 Å². The zero-order valence-electron chi connectivity index (χ0n) is 8.05. The van der Waals surface area contributed by atoms with Gasteiger partial charge in [-0.3, -0.25) is 4.99 Å². The lowest BCUT2D eigenvalue weighted by atomic mass is 10.2. The summed E-state index contributed by atoms with van der Waals surface area (Å²) in [6, 6.07) is 0.453. The predicted octanol–water partition coefficient (Wildman–Crippen LogP) is 0.103. The van der Waals surface area contributed by atoms with E-state index in [4.69, 9.17) is 4.74 Å².